The minimum Gasteiger partial charge on any atom is -1.00 e. The first-order chi connectivity index (χ1) is 21.4. The zero-order valence-corrected chi connectivity index (χ0v) is 30.9. The highest BCUT2D eigenvalue weighted by atomic mass is 127. The number of hydrogen-bond donors (Lipinski definition) is 2. The van der Waals surface area contributed by atoms with Crippen LogP contribution in [-0.2, 0) is 26.0 Å². The Morgan fingerprint density at radius 1 is 0.800 bits per heavy atom. The molecule has 0 aliphatic rings. The van der Waals surface area contributed by atoms with Gasteiger partial charge in [0, 0.05) is 44.1 Å². The van der Waals surface area contributed by atoms with E-state index in [4.69, 9.17) is 9.47 Å². The van der Waals surface area contributed by atoms with Crippen LogP contribution in [0.2, 0.25) is 0 Å². The first-order valence-corrected chi connectivity index (χ1v) is 18.9. The molecular weight excluding hydrogens is 701 g/mol. The number of alkyl carbamates (subject to hydrolysis) is 1. The summed E-state index contributed by atoms with van der Waals surface area (Å²) in [6.07, 6.45) is 22.4. The second-order valence-corrected chi connectivity index (χ2v) is 13.9. The second-order valence-electron chi connectivity index (χ2n) is 12.0. The summed E-state index contributed by atoms with van der Waals surface area (Å²) in [7, 11) is -2.01. The molecule has 0 saturated heterocycles. The number of amides is 1. The lowest BCUT2D eigenvalue weighted by Gasteiger charge is -2.16. The summed E-state index contributed by atoms with van der Waals surface area (Å²) in [6.45, 7) is 3.48. The maximum absolute atomic E-state index is 12.5. The van der Waals surface area contributed by atoms with E-state index >= 15 is 0 Å². The zero-order valence-electron chi connectivity index (χ0n) is 27.9. The largest absolute Gasteiger partial charge is 1.00 e. The number of fused-ring (bicyclic) bond motifs is 1. The van der Waals surface area contributed by atoms with Gasteiger partial charge in [-0.3, -0.25) is 0 Å². The summed E-state index contributed by atoms with van der Waals surface area (Å²) in [6, 6.07) is 12.0. The van der Waals surface area contributed by atoms with Crippen LogP contribution >= 0.6 is 0 Å². The van der Waals surface area contributed by atoms with Gasteiger partial charge < -0.3 is 38.8 Å². The number of ether oxygens (including phenoxy) is 2. The van der Waals surface area contributed by atoms with Crippen molar-refractivity contribution in [1.29, 1.82) is 0 Å². The van der Waals surface area contributed by atoms with Gasteiger partial charge in [0.05, 0.1) is 5.75 Å². The number of unbranched alkanes of at least 4 members (excludes halogenated alkanes) is 15. The van der Waals surface area contributed by atoms with Gasteiger partial charge in [-0.25, -0.2) is 17.9 Å². The average Bonchev–Trinajstić information content (AvgIpc) is 3.02. The molecule has 1 unspecified atom stereocenters. The van der Waals surface area contributed by atoms with Crippen LogP contribution in [0.15, 0.2) is 42.6 Å². The Morgan fingerprint density at radius 2 is 1.36 bits per heavy atom. The normalized spacial score (nSPS) is 12.1. The highest BCUT2D eigenvalue weighted by Crippen LogP contribution is 2.14. The maximum atomic E-state index is 12.5. The predicted octanol–water partition coefficient (Wildman–Crippen LogP) is 4.44. The lowest BCUT2D eigenvalue weighted by Crippen LogP contribution is -3.00. The zero-order chi connectivity index (χ0) is 31.7. The number of hydrogen-bond acceptors (Lipinski definition) is 5. The number of benzene rings is 1. The molecule has 0 bridgehead atoms. The molecule has 0 aliphatic heterocycles. The van der Waals surface area contributed by atoms with E-state index in [9.17, 15) is 13.2 Å². The van der Waals surface area contributed by atoms with Gasteiger partial charge in [-0.1, -0.05) is 115 Å². The summed E-state index contributed by atoms with van der Waals surface area (Å²) in [5.41, 5.74) is 1.07. The molecule has 0 saturated carbocycles. The number of methoxy groups -OCH3 is 1. The Hall–Kier alpha value is -1.50. The first kappa shape index (κ1) is 41.5. The fourth-order valence-electron chi connectivity index (χ4n) is 5.43. The van der Waals surface area contributed by atoms with E-state index in [2.05, 4.69) is 21.5 Å². The molecule has 0 aliphatic carbocycles. The minimum absolute atomic E-state index is 0. The summed E-state index contributed by atoms with van der Waals surface area (Å²) in [4.78, 5) is 12.1. The summed E-state index contributed by atoms with van der Waals surface area (Å²) in [5, 5.41) is 3.90. The van der Waals surface area contributed by atoms with Gasteiger partial charge in [-0.15, -0.1) is 0 Å². The van der Waals surface area contributed by atoms with Crippen molar-refractivity contribution in [2.24, 2.45) is 0 Å². The number of rotatable bonds is 27. The van der Waals surface area contributed by atoms with E-state index in [1.165, 1.54) is 97.0 Å². The topological polar surface area (TPSA) is 97.6 Å². The van der Waals surface area contributed by atoms with Gasteiger partial charge in [0.25, 0.3) is 0 Å². The van der Waals surface area contributed by atoms with Crippen LogP contribution < -0.4 is 38.6 Å². The lowest BCUT2D eigenvalue weighted by atomic mass is 10.0. The number of carbonyl (C=O) groups excluding carboxylic acids is 1. The number of halogens is 1. The van der Waals surface area contributed by atoms with Crippen molar-refractivity contribution in [3.8, 4) is 0 Å². The predicted molar refractivity (Wildman–Crippen MR) is 180 cm³/mol. The monoisotopic (exact) mass is 761 g/mol. The van der Waals surface area contributed by atoms with E-state index in [0.717, 1.165) is 23.7 Å². The SMILES string of the molecule is CCCCCCCCCCCCCCCCCCNC(=O)OCC(CNS(=O)(=O)CCC[n+]1cccc2ccccc21)OC.[I-]. The summed E-state index contributed by atoms with van der Waals surface area (Å²) in [5.74, 6) is 0.000305. The van der Waals surface area contributed by atoms with Crippen LogP contribution in [0.1, 0.15) is 116 Å². The molecule has 1 aromatic carbocycles. The third-order valence-corrected chi connectivity index (χ3v) is 9.60. The van der Waals surface area contributed by atoms with Crippen molar-refractivity contribution in [3.05, 3.63) is 42.6 Å². The van der Waals surface area contributed by atoms with Gasteiger partial charge in [-0.2, -0.15) is 4.57 Å². The standard InChI is InChI=1S/C35H59N3O5S.HI/c1-3-4-5-6-7-8-9-10-11-12-13-14-15-16-17-20-26-36-35(39)43-31-33(42-2)30-37-44(40,41)29-22-28-38-27-21-24-32-23-18-19-25-34(32)38;/h18-19,21,23-25,27,33,37H,3-17,20,22,26,28-31H2,1-2H3;1H. The number of nitrogens with zero attached hydrogens (tertiary/aromatic N) is 1. The molecule has 0 fully saturated rings. The van der Waals surface area contributed by atoms with Crippen LogP contribution in [0.4, 0.5) is 4.79 Å². The fourth-order valence-corrected chi connectivity index (χ4v) is 6.52. The molecule has 258 valence electrons. The Bertz CT molecular complexity index is 1130. The van der Waals surface area contributed by atoms with Crippen LogP contribution in [0.25, 0.3) is 10.9 Å². The summed E-state index contributed by atoms with van der Waals surface area (Å²) >= 11 is 0. The van der Waals surface area contributed by atoms with Crippen molar-refractivity contribution in [3.63, 3.8) is 0 Å². The van der Waals surface area contributed by atoms with E-state index < -0.39 is 22.2 Å². The third kappa shape index (κ3) is 20.4. The average molecular weight is 762 g/mol. The van der Waals surface area contributed by atoms with Crippen molar-refractivity contribution in [2.45, 2.75) is 129 Å². The molecule has 1 heterocycles. The number of nitrogens with one attached hydrogen (secondary N) is 2. The van der Waals surface area contributed by atoms with Gasteiger partial charge in [0.15, 0.2) is 6.20 Å². The molecule has 1 atom stereocenters. The number of aromatic nitrogens is 1. The molecule has 1 aromatic heterocycles. The van der Waals surface area contributed by atoms with Crippen molar-refractivity contribution < 1.29 is 51.2 Å². The fraction of sp³-hybridized carbons (Fsp3) is 0.714. The number of sulfonamides is 1. The van der Waals surface area contributed by atoms with Crippen LogP contribution in [0.5, 0.6) is 0 Å². The molecule has 1 amide bonds. The van der Waals surface area contributed by atoms with Crippen molar-refractivity contribution in [1.82, 2.24) is 10.0 Å². The van der Waals surface area contributed by atoms with Gasteiger partial charge in [0.2, 0.25) is 15.5 Å². The Morgan fingerprint density at radius 3 is 1.96 bits per heavy atom. The highest BCUT2D eigenvalue weighted by molar-refractivity contribution is 7.89. The Kier molecular flexibility index (Phi) is 24.5. The minimum atomic E-state index is -3.49. The van der Waals surface area contributed by atoms with Crippen LogP contribution in [0.3, 0.4) is 0 Å². The lowest BCUT2D eigenvalue weighted by molar-refractivity contribution is -0.671. The smallest absolute Gasteiger partial charge is 0.407 e. The molecule has 2 aromatic rings. The highest BCUT2D eigenvalue weighted by Gasteiger charge is 2.17. The van der Waals surface area contributed by atoms with Gasteiger partial charge >= 0.3 is 6.09 Å². The number of para-hydroxylation sites is 1. The number of carbonyl (C=O) groups is 1. The third-order valence-electron chi connectivity index (χ3n) is 8.16. The molecule has 2 N–H and O–H groups in total. The Balaban J connectivity index is 0.0000101. The summed E-state index contributed by atoms with van der Waals surface area (Å²) < 4.78 is 40.3. The molecular formula is C35H60IN3O5S. The van der Waals surface area contributed by atoms with Gasteiger partial charge in [0.1, 0.15) is 19.3 Å². The number of pyridine rings is 1. The second kappa shape index (κ2) is 26.6. The van der Waals surface area contributed by atoms with Crippen molar-refractivity contribution >= 4 is 27.0 Å². The molecule has 10 heteroatoms. The Labute approximate surface area is 290 Å². The van der Waals surface area contributed by atoms with E-state index in [0.29, 0.717) is 19.5 Å². The molecule has 8 nitrogen and oxygen atoms in total. The van der Waals surface area contributed by atoms with Gasteiger partial charge in [-0.05, 0) is 18.6 Å². The number of aryl methyl sites for hydroxylation is 1. The van der Waals surface area contributed by atoms with E-state index in [1.54, 1.807) is 0 Å². The molecule has 0 spiro atoms. The van der Waals surface area contributed by atoms with Crippen molar-refractivity contribution in [2.75, 3.05) is 32.6 Å². The first-order valence-electron chi connectivity index (χ1n) is 17.2. The molecule has 45 heavy (non-hydrogen) atoms. The van der Waals surface area contributed by atoms with Crippen LogP contribution in [0, 0.1) is 0 Å². The quantitative estimate of drug-likeness (QED) is 0.0798. The van der Waals surface area contributed by atoms with E-state index in [-0.39, 0.29) is 42.9 Å². The molecule has 0 radical (unpaired) electrons. The van der Waals surface area contributed by atoms with Crippen LogP contribution in [-0.4, -0.2) is 53.2 Å². The molecule has 2 rings (SSSR count). The van der Waals surface area contributed by atoms with E-state index in [1.807, 2.05) is 42.6 Å². The maximum Gasteiger partial charge on any atom is 0.407 e.